The third-order valence-electron chi connectivity index (χ3n) is 5.93. The zero-order valence-electron chi connectivity index (χ0n) is 17.2. The summed E-state index contributed by atoms with van der Waals surface area (Å²) in [6.45, 7) is 0.615. The number of carbonyl (C=O) groups excluding carboxylic acids is 1. The number of benzene rings is 3. The number of carbonyl (C=O) groups is 1. The predicted molar refractivity (Wildman–Crippen MR) is 120 cm³/mol. The average Bonchev–Trinajstić information content (AvgIpc) is 3.49. The molecule has 6 rings (SSSR count). The van der Waals surface area contributed by atoms with Crippen LogP contribution in [0.2, 0.25) is 0 Å². The highest BCUT2D eigenvalue weighted by Crippen LogP contribution is 2.37. The third kappa shape index (κ3) is 3.30. The van der Waals surface area contributed by atoms with Crippen LogP contribution in [0.3, 0.4) is 0 Å². The molecule has 158 valence electrons. The lowest BCUT2D eigenvalue weighted by Gasteiger charge is -2.12. The van der Waals surface area contributed by atoms with Gasteiger partial charge < -0.3 is 19.5 Å². The van der Waals surface area contributed by atoms with Crippen LogP contribution in [-0.4, -0.2) is 30.3 Å². The zero-order valence-corrected chi connectivity index (χ0v) is 17.2. The molecule has 1 atom stereocenters. The molecule has 2 aliphatic heterocycles. The Bertz CT molecular complexity index is 1340. The number of pyridine rings is 1. The fourth-order valence-electron chi connectivity index (χ4n) is 4.32. The highest BCUT2D eigenvalue weighted by molar-refractivity contribution is 5.95. The van der Waals surface area contributed by atoms with Crippen LogP contribution in [0.1, 0.15) is 15.9 Å². The average molecular weight is 424 g/mol. The molecule has 1 N–H and O–H groups in total. The van der Waals surface area contributed by atoms with Crippen molar-refractivity contribution in [1.82, 2.24) is 10.3 Å². The second kappa shape index (κ2) is 7.57. The summed E-state index contributed by atoms with van der Waals surface area (Å²) in [7, 11) is 0. The minimum absolute atomic E-state index is 0.105. The predicted octanol–water partition coefficient (Wildman–Crippen LogP) is 4.36. The molecule has 0 saturated heterocycles. The third-order valence-corrected chi connectivity index (χ3v) is 5.93. The lowest BCUT2D eigenvalue weighted by atomic mass is 9.97. The van der Waals surface area contributed by atoms with Crippen molar-refractivity contribution < 1.29 is 19.0 Å². The quantitative estimate of drug-likeness (QED) is 0.527. The molecular weight excluding hydrogens is 404 g/mol. The van der Waals surface area contributed by atoms with Crippen molar-refractivity contribution in [3.05, 3.63) is 84.2 Å². The Morgan fingerprint density at radius 1 is 0.969 bits per heavy atom. The summed E-state index contributed by atoms with van der Waals surface area (Å²) in [6.07, 6.45) is 4.29. The largest absolute Gasteiger partial charge is 0.488 e. The number of fused-ring (bicyclic) bond motifs is 4. The fraction of sp³-hybridized carbons (Fsp3) is 0.154. The van der Waals surface area contributed by atoms with E-state index in [1.54, 1.807) is 24.4 Å². The van der Waals surface area contributed by atoms with Gasteiger partial charge in [0.15, 0.2) is 11.5 Å². The van der Waals surface area contributed by atoms with E-state index in [2.05, 4.69) is 40.6 Å². The summed E-state index contributed by atoms with van der Waals surface area (Å²) in [5.41, 5.74) is 3.95. The fourth-order valence-corrected chi connectivity index (χ4v) is 4.32. The van der Waals surface area contributed by atoms with Crippen LogP contribution in [0, 0.1) is 0 Å². The van der Waals surface area contributed by atoms with Crippen molar-refractivity contribution in [3.8, 4) is 28.4 Å². The summed E-state index contributed by atoms with van der Waals surface area (Å²) in [4.78, 5) is 16.8. The number of rotatable bonds is 4. The van der Waals surface area contributed by atoms with E-state index in [1.807, 2.05) is 18.3 Å². The maximum atomic E-state index is 12.6. The minimum atomic E-state index is -0.158. The number of nitrogens with zero attached hydrogens (tertiary/aromatic N) is 1. The van der Waals surface area contributed by atoms with Crippen molar-refractivity contribution in [2.24, 2.45) is 0 Å². The summed E-state index contributed by atoms with van der Waals surface area (Å²) >= 11 is 0. The lowest BCUT2D eigenvalue weighted by molar-refractivity contribution is 0.0933. The summed E-state index contributed by atoms with van der Waals surface area (Å²) < 4.78 is 16.8. The van der Waals surface area contributed by atoms with Crippen LogP contribution in [0.25, 0.3) is 21.9 Å². The van der Waals surface area contributed by atoms with Gasteiger partial charge in [-0.2, -0.15) is 0 Å². The lowest BCUT2D eigenvalue weighted by Crippen LogP contribution is -2.34. The molecule has 0 bridgehead atoms. The number of ether oxygens (including phenoxy) is 3. The van der Waals surface area contributed by atoms with Gasteiger partial charge in [0.1, 0.15) is 11.9 Å². The van der Waals surface area contributed by atoms with Crippen molar-refractivity contribution in [1.29, 1.82) is 0 Å². The first-order chi connectivity index (χ1) is 15.7. The van der Waals surface area contributed by atoms with Gasteiger partial charge in [-0.3, -0.25) is 9.78 Å². The van der Waals surface area contributed by atoms with E-state index in [4.69, 9.17) is 14.2 Å². The topological polar surface area (TPSA) is 69.7 Å². The van der Waals surface area contributed by atoms with E-state index in [-0.39, 0.29) is 18.8 Å². The summed E-state index contributed by atoms with van der Waals surface area (Å²) in [5, 5.41) is 5.32. The molecule has 0 radical (unpaired) electrons. The highest BCUT2D eigenvalue weighted by atomic mass is 16.7. The molecule has 0 saturated carbocycles. The maximum absolute atomic E-state index is 12.6. The molecule has 32 heavy (non-hydrogen) atoms. The smallest absolute Gasteiger partial charge is 0.251 e. The van der Waals surface area contributed by atoms with E-state index in [0.29, 0.717) is 23.6 Å². The van der Waals surface area contributed by atoms with Crippen LogP contribution < -0.4 is 19.5 Å². The van der Waals surface area contributed by atoms with E-state index >= 15 is 0 Å². The number of hydrogen-bond acceptors (Lipinski definition) is 5. The first-order valence-corrected chi connectivity index (χ1v) is 10.6. The maximum Gasteiger partial charge on any atom is 0.251 e. The van der Waals surface area contributed by atoms with Gasteiger partial charge >= 0.3 is 0 Å². The first kappa shape index (κ1) is 18.7. The van der Waals surface area contributed by atoms with Crippen molar-refractivity contribution in [2.45, 2.75) is 12.5 Å². The van der Waals surface area contributed by atoms with E-state index in [9.17, 15) is 4.79 Å². The van der Waals surface area contributed by atoms with E-state index in [1.165, 1.54) is 16.3 Å². The molecule has 2 aliphatic rings. The molecule has 0 spiro atoms. The number of hydrogen-bond donors (Lipinski definition) is 1. The molecule has 6 heteroatoms. The van der Waals surface area contributed by atoms with Crippen LogP contribution in [0.15, 0.2) is 73.1 Å². The van der Waals surface area contributed by atoms with Gasteiger partial charge in [-0.1, -0.05) is 24.3 Å². The molecule has 1 unspecified atom stereocenters. The van der Waals surface area contributed by atoms with Gasteiger partial charge in [0, 0.05) is 35.5 Å². The van der Waals surface area contributed by atoms with Crippen LogP contribution >= 0.6 is 0 Å². The Morgan fingerprint density at radius 2 is 1.88 bits per heavy atom. The van der Waals surface area contributed by atoms with E-state index < -0.39 is 0 Å². The minimum Gasteiger partial charge on any atom is -0.488 e. The number of aromatic nitrogens is 1. The normalized spacial score (nSPS) is 15.9. The molecule has 3 heterocycles. The Morgan fingerprint density at radius 3 is 2.78 bits per heavy atom. The second-order valence-corrected chi connectivity index (χ2v) is 7.94. The second-order valence-electron chi connectivity index (χ2n) is 7.94. The molecular formula is C26H20N2O4. The molecule has 6 nitrogen and oxygen atoms in total. The Hall–Kier alpha value is -4.06. The van der Waals surface area contributed by atoms with Gasteiger partial charge in [-0.25, -0.2) is 0 Å². The van der Waals surface area contributed by atoms with Crippen LogP contribution in [-0.2, 0) is 6.42 Å². The van der Waals surface area contributed by atoms with E-state index in [0.717, 1.165) is 23.3 Å². The van der Waals surface area contributed by atoms with Gasteiger partial charge in [0.2, 0.25) is 6.79 Å². The van der Waals surface area contributed by atoms with Gasteiger partial charge in [0.25, 0.3) is 5.91 Å². The molecule has 0 aliphatic carbocycles. The van der Waals surface area contributed by atoms with Crippen molar-refractivity contribution in [3.63, 3.8) is 0 Å². The van der Waals surface area contributed by atoms with Gasteiger partial charge in [0.05, 0.1) is 6.54 Å². The summed E-state index contributed by atoms with van der Waals surface area (Å²) in [5.74, 6) is 1.98. The first-order valence-electron chi connectivity index (χ1n) is 10.6. The molecule has 1 amide bonds. The molecule has 0 fully saturated rings. The summed E-state index contributed by atoms with van der Waals surface area (Å²) in [6, 6.07) is 19.7. The highest BCUT2D eigenvalue weighted by Gasteiger charge is 2.26. The number of amides is 1. The molecule has 4 aromatic rings. The molecule has 1 aromatic heterocycles. The van der Waals surface area contributed by atoms with Gasteiger partial charge in [-0.15, -0.1) is 0 Å². The SMILES string of the molecule is O=C(NCC1Cc2c(ccc3cc(-c4cccnc4)ccc23)O1)c1ccc2c(c1)OCO2. The Labute approximate surface area is 184 Å². The van der Waals surface area contributed by atoms with Crippen molar-refractivity contribution >= 4 is 16.7 Å². The van der Waals surface area contributed by atoms with Crippen molar-refractivity contribution in [2.75, 3.05) is 13.3 Å². The molecule has 3 aromatic carbocycles. The Kier molecular flexibility index (Phi) is 4.42. The monoisotopic (exact) mass is 424 g/mol. The zero-order chi connectivity index (χ0) is 21.5. The van der Waals surface area contributed by atoms with Gasteiger partial charge in [-0.05, 0) is 52.7 Å². The number of nitrogens with one attached hydrogen (secondary N) is 1. The standard InChI is InChI=1S/C26H20N2O4/c29-26(18-5-8-24-25(11-18)31-15-30-24)28-14-20-12-22-21-6-3-16(19-2-1-9-27-13-19)10-17(21)4-7-23(22)32-20/h1-11,13,20H,12,14-15H2,(H,28,29). The Balaban J connectivity index is 1.17. The van der Waals surface area contributed by atoms with Crippen LogP contribution in [0.5, 0.6) is 17.2 Å². The van der Waals surface area contributed by atoms with Crippen LogP contribution in [0.4, 0.5) is 0 Å².